The number of hydrogen-bond donors (Lipinski definition) is 0. The van der Waals surface area contributed by atoms with Crippen LogP contribution in [0.4, 0.5) is 0 Å². The van der Waals surface area contributed by atoms with Crippen LogP contribution in [0.25, 0.3) is 10.8 Å². The Hall–Kier alpha value is -1.15. The van der Waals surface area contributed by atoms with Crippen molar-refractivity contribution in [1.82, 2.24) is 0 Å². The molecule has 0 amide bonds. The van der Waals surface area contributed by atoms with E-state index < -0.39 is 0 Å². The second-order valence-corrected chi connectivity index (χ2v) is 5.87. The van der Waals surface area contributed by atoms with E-state index in [-0.39, 0.29) is 0 Å². The third-order valence-corrected chi connectivity index (χ3v) is 4.47. The smallest absolute Gasteiger partial charge is 0.133 e. The van der Waals surface area contributed by atoms with Gasteiger partial charge >= 0.3 is 0 Å². The van der Waals surface area contributed by atoms with Crippen LogP contribution in [-0.2, 0) is 4.79 Å². The van der Waals surface area contributed by atoms with Gasteiger partial charge in [-0.05, 0) is 41.2 Å². The van der Waals surface area contributed by atoms with E-state index in [1.165, 1.54) is 16.3 Å². The molecule has 2 aromatic rings. The molecule has 1 saturated carbocycles. The van der Waals surface area contributed by atoms with Gasteiger partial charge in [-0.25, -0.2) is 0 Å². The van der Waals surface area contributed by atoms with Gasteiger partial charge in [0.25, 0.3) is 0 Å². The molecule has 0 aliphatic heterocycles. The molecule has 0 bridgehead atoms. The van der Waals surface area contributed by atoms with Crippen LogP contribution in [0.15, 0.2) is 40.9 Å². The topological polar surface area (TPSA) is 17.1 Å². The fraction of sp³-hybridized carbons (Fsp3) is 0.312. The second kappa shape index (κ2) is 4.85. The van der Waals surface area contributed by atoms with Gasteiger partial charge in [0.1, 0.15) is 5.78 Å². The van der Waals surface area contributed by atoms with Crippen LogP contribution in [0.5, 0.6) is 0 Å². The van der Waals surface area contributed by atoms with E-state index in [1.807, 2.05) is 0 Å². The molecule has 0 heterocycles. The number of benzene rings is 2. The van der Waals surface area contributed by atoms with Gasteiger partial charge in [-0.15, -0.1) is 0 Å². The highest BCUT2D eigenvalue weighted by atomic mass is 79.9. The first-order valence-electron chi connectivity index (χ1n) is 6.44. The highest BCUT2D eigenvalue weighted by Gasteiger charge is 2.22. The zero-order valence-electron chi connectivity index (χ0n) is 10.2. The minimum Gasteiger partial charge on any atom is -0.300 e. The Kier molecular flexibility index (Phi) is 3.21. The minimum atomic E-state index is 0.397. The van der Waals surface area contributed by atoms with Crippen molar-refractivity contribution in [2.24, 2.45) is 0 Å². The number of carbonyl (C=O) groups is 1. The second-order valence-electron chi connectivity index (χ2n) is 5.02. The van der Waals surface area contributed by atoms with Gasteiger partial charge in [-0.1, -0.05) is 46.3 Å². The van der Waals surface area contributed by atoms with Gasteiger partial charge in [0, 0.05) is 17.3 Å². The summed E-state index contributed by atoms with van der Waals surface area (Å²) in [6.07, 6.45) is 3.64. The van der Waals surface area contributed by atoms with Gasteiger partial charge in [0.05, 0.1) is 0 Å². The Labute approximate surface area is 115 Å². The minimum absolute atomic E-state index is 0.397. The summed E-state index contributed by atoms with van der Waals surface area (Å²) in [6.45, 7) is 0. The molecule has 0 aromatic heterocycles. The third kappa shape index (κ3) is 2.10. The number of halogens is 1. The highest BCUT2D eigenvalue weighted by Crippen LogP contribution is 2.37. The zero-order valence-corrected chi connectivity index (χ0v) is 11.7. The molecule has 1 aliphatic carbocycles. The molecular weight excluding hydrogens is 288 g/mol. The number of Topliss-reactive ketones (excluding diaryl/α,β-unsaturated/α-hetero) is 1. The predicted octanol–water partition coefficient (Wildman–Crippen LogP) is 4.83. The van der Waals surface area contributed by atoms with Crippen molar-refractivity contribution in [1.29, 1.82) is 0 Å². The average molecular weight is 303 g/mol. The largest absolute Gasteiger partial charge is 0.300 e. The summed E-state index contributed by atoms with van der Waals surface area (Å²) in [5.41, 5.74) is 1.33. The molecule has 3 rings (SSSR count). The number of fused-ring (bicyclic) bond motifs is 1. The molecule has 1 nitrogen and oxygen atoms in total. The first-order chi connectivity index (χ1) is 8.75. The molecule has 1 atom stereocenters. The summed E-state index contributed by atoms with van der Waals surface area (Å²) in [6, 6.07) is 12.7. The zero-order chi connectivity index (χ0) is 12.5. The molecule has 0 spiro atoms. The summed E-state index contributed by atoms with van der Waals surface area (Å²) in [7, 11) is 0. The molecule has 1 aliphatic rings. The van der Waals surface area contributed by atoms with Crippen molar-refractivity contribution in [2.75, 3.05) is 0 Å². The lowest BCUT2D eigenvalue weighted by Crippen LogP contribution is -2.13. The summed E-state index contributed by atoms with van der Waals surface area (Å²) in [5.74, 6) is 0.809. The summed E-state index contributed by atoms with van der Waals surface area (Å²) >= 11 is 3.64. The van der Waals surface area contributed by atoms with Crippen LogP contribution in [0.1, 0.15) is 37.2 Å². The standard InChI is InChI=1S/C16H15BrO/c17-15-9-3-5-11-4-2-8-14(16(11)15)12-6-1-7-13(18)10-12/h2-5,8-9,12H,1,6-7,10H2/t12-/m0/s1. The van der Waals surface area contributed by atoms with Crippen molar-refractivity contribution in [3.63, 3.8) is 0 Å². The van der Waals surface area contributed by atoms with Gasteiger partial charge in [-0.2, -0.15) is 0 Å². The average Bonchev–Trinajstić information content (AvgIpc) is 2.38. The fourth-order valence-electron chi connectivity index (χ4n) is 2.95. The maximum absolute atomic E-state index is 11.7. The van der Waals surface area contributed by atoms with Crippen molar-refractivity contribution in [3.05, 3.63) is 46.4 Å². The van der Waals surface area contributed by atoms with Crippen LogP contribution in [-0.4, -0.2) is 5.78 Å². The lowest BCUT2D eigenvalue weighted by Gasteiger charge is -2.23. The van der Waals surface area contributed by atoms with Crippen molar-refractivity contribution in [2.45, 2.75) is 31.6 Å². The number of ketones is 1. The fourth-order valence-corrected chi connectivity index (χ4v) is 3.56. The van der Waals surface area contributed by atoms with E-state index in [0.29, 0.717) is 18.1 Å². The van der Waals surface area contributed by atoms with Crippen LogP contribution >= 0.6 is 15.9 Å². The van der Waals surface area contributed by atoms with E-state index in [9.17, 15) is 4.79 Å². The SMILES string of the molecule is O=C1CCC[C@H](c2cccc3cccc(Br)c23)C1. The first-order valence-corrected chi connectivity index (χ1v) is 7.24. The van der Waals surface area contributed by atoms with Crippen LogP contribution in [0, 0.1) is 0 Å². The van der Waals surface area contributed by atoms with E-state index in [2.05, 4.69) is 52.3 Å². The van der Waals surface area contributed by atoms with E-state index in [4.69, 9.17) is 0 Å². The van der Waals surface area contributed by atoms with E-state index in [1.54, 1.807) is 0 Å². The monoisotopic (exact) mass is 302 g/mol. The molecule has 2 heteroatoms. The molecule has 0 unspecified atom stereocenters. The number of carbonyl (C=O) groups excluding carboxylic acids is 1. The number of hydrogen-bond acceptors (Lipinski definition) is 1. The molecule has 2 aromatic carbocycles. The lowest BCUT2D eigenvalue weighted by molar-refractivity contribution is -0.120. The summed E-state index contributed by atoms with van der Waals surface area (Å²) in [4.78, 5) is 11.7. The van der Waals surface area contributed by atoms with Crippen molar-refractivity contribution < 1.29 is 4.79 Å². The first kappa shape index (κ1) is 11.9. The lowest BCUT2D eigenvalue weighted by atomic mass is 9.81. The normalized spacial score (nSPS) is 20.3. The summed E-state index contributed by atoms with van der Waals surface area (Å²) in [5, 5.41) is 2.53. The van der Waals surface area contributed by atoms with Crippen LogP contribution in [0.3, 0.4) is 0 Å². The van der Waals surface area contributed by atoms with E-state index in [0.717, 1.165) is 23.7 Å². The number of rotatable bonds is 1. The van der Waals surface area contributed by atoms with Crippen LogP contribution < -0.4 is 0 Å². The predicted molar refractivity (Wildman–Crippen MR) is 77.9 cm³/mol. The molecule has 92 valence electrons. The van der Waals surface area contributed by atoms with Crippen molar-refractivity contribution >= 4 is 32.5 Å². The van der Waals surface area contributed by atoms with E-state index >= 15 is 0 Å². The van der Waals surface area contributed by atoms with Crippen LogP contribution in [0.2, 0.25) is 0 Å². The Bertz CT molecular complexity index is 598. The Morgan fingerprint density at radius 1 is 1.11 bits per heavy atom. The van der Waals surface area contributed by atoms with Crippen molar-refractivity contribution in [3.8, 4) is 0 Å². The third-order valence-electron chi connectivity index (χ3n) is 3.81. The highest BCUT2D eigenvalue weighted by molar-refractivity contribution is 9.10. The quantitative estimate of drug-likeness (QED) is 0.737. The molecule has 0 saturated heterocycles. The maximum Gasteiger partial charge on any atom is 0.133 e. The molecule has 0 radical (unpaired) electrons. The maximum atomic E-state index is 11.7. The molecule has 0 N–H and O–H groups in total. The van der Waals surface area contributed by atoms with Gasteiger partial charge in [-0.3, -0.25) is 4.79 Å². The van der Waals surface area contributed by atoms with Gasteiger partial charge in [0.15, 0.2) is 0 Å². The van der Waals surface area contributed by atoms with Gasteiger partial charge in [0.2, 0.25) is 0 Å². The molecule has 1 fully saturated rings. The Morgan fingerprint density at radius 3 is 2.67 bits per heavy atom. The summed E-state index contributed by atoms with van der Waals surface area (Å²) < 4.78 is 1.13. The Balaban J connectivity index is 2.13. The molecule has 18 heavy (non-hydrogen) atoms. The molecular formula is C16H15BrO. The Morgan fingerprint density at radius 2 is 1.89 bits per heavy atom. The van der Waals surface area contributed by atoms with Gasteiger partial charge < -0.3 is 0 Å².